The molecule has 1 aliphatic heterocycles. The van der Waals surface area contributed by atoms with E-state index in [1.807, 2.05) is 16.7 Å². The van der Waals surface area contributed by atoms with Gasteiger partial charge in [-0.2, -0.15) is 0 Å². The van der Waals surface area contributed by atoms with Crippen LogP contribution in [-0.2, 0) is 6.54 Å². The maximum Gasteiger partial charge on any atom is 0.250 e. The lowest BCUT2D eigenvalue weighted by atomic mass is 9.81. The first-order valence-corrected chi connectivity index (χ1v) is 8.13. The maximum atomic E-state index is 13.6. The van der Waals surface area contributed by atoms with Gasteiger partial charge >= 0.3 is 0 Å². The maximum absolute atomic E-state index is 13.6. The monoisotopic (exact) mass is 299 g/mol. The van der Waals surface area contributed by atoms with Crippen LogP contribution in [0.3, 0.4) is 0 Å². The van der Waals surface area contributed by atoms with Crippen molar-refractivity contribution < 1.29 is 4.39 Å². The van der Waals surface area contributed by atoms with Crippen LogP contribution < -0.4 is 5.56 Å². The van der Waals surface area contributed by atoms with Crippen LogP contribution in [0.5, 0.6) is 0 Å². The molecule has 22 heavy (non-hydrogen) atoms. The van der Waals surface area contributed by atoms with Gasteiger partial charge in [-0.1, -0.05) is 32.4 Å². The highest BCUT2D eigenvalue weighted by Crippen LogP contribution is 2.38. The van der Waals surface area contributed by atoms with Crippen LogP contribution in [0, 0.1) is 11.7 Å². The van der Waals surface area contributed by atoms with Gasteiger partial charge in [-0.05, 0) is 42.5 Å². The SMILES string of the molecule is CCC1CC(CC)c2c(-c3cccc(F)c3)ccc(=O)n2C1. The summed E-state index contributed by atoms with van der Waals surface area (Å²) in [6.07, 6.45) is 3.20. The molecule has 3 rings (SSSR count). The van der Waals surface area contributed by atoms with Crippen molar-refractivity contribution in [1.29, 1.82) is 0 Å². The fourth-order valence-corrected chi connectivity index (χ4v) is 3.63. The Labute approximate surface area is 130 Å². The Kier molecular flexibility index (Phi) is 4.14. The molecule has 116 valence electrons. The number of fused-ring (bicyclic) bond motifs is 1. The lowest BCUT2D eigenvalue weighted by Gasteiger charge is -2.33. The molecule has 0 radical (unpaired) electrons. The summed E-state index contributed by atoms with van der Waals surface area (Å²) in [6.45, 7) is 5.13. The summed E-state index contributed by atoms with van der Waals surface area (Å²) < 4.78 is 15.5. The minimum absolute atomic E-state index is 0.0618. The molecule has 0 saturated heterocycles. The van der Waals surface area contributed by atoms with Gasteiger partial charge in [0.05, 0.1) is 0 Å². The predicted molar refractivity (Wildman–Crippen MR) is 87.5 cm³/mol. The number of aromatic nitrogens is 1. The Bertz CT molecular complexity index is 734. The zero-order chi connectivity index (χ0) is 15.7. The van der Waals surface area contributed by atoms with Gasteiger partial charge in [0.25, 0.3) is 5.56 Å². The van der Waals surface area contributed by atoms with E-state index >= 15 is 0 Å². The van der Waals surface area contributed by atoms with E-state index in [0.29, 0.717) is 11.8 Å². The van der Waals surface area contributed by atoms with Crippen LogP contribution >= 0.6 is 0 Å². The van der Waals surface area contributed by atoms with Gasteiger partial charge < -0.3 is 4.57 Å². The van der Waals surface area contributed by atoms with E-state index in [9.17, 15) is 9.18 Å². The van der Waals surface area contributed by atoms with Gasteiger partial charge in [-0.25, -0.2) is 4.39 Å². The second-order valence-electron chi connectivity index (χ2n) is 6.21. The van der Waals surface area contributed by atoms with Crippen molar-refractivity contribution in [3.05, 3.63) is 58.3 Å². The number of halogens is 1. The van der Waals surface area contributed by atoms with E-state index in [1.54, 1.807) is 18.2 Å². The largest absolute Gasteiger partial charge is 0.311 e. The molecule has 0 spiro atoms. The fraction of sp³-hybridized carbons (Fsp3) is 0.421. The zero-order valence-electron chi connectivity index (χ0n) is 13.2. The molecule has 2 heterocycles. The van der Waals surface area contributed by atoms with Crippen molar-refractivity contribution in [2.45, 2.75) is 45.6 Å². The van der Waals surface area contributed by atoms with Crippen molar-refractivity contribution in [3.8, 4) is 11.1 Å². The lowest BCUT2D eigenvalue weighted by Crippen LogP contribution is -2.33. The van der Waals surface area contributed by atoms with Crippen molar-refractivity contribution in [2.75, 3.05) is 0 Å². The number of hydrogen-bond acceptors (Lipinski definition) is 1. The Morgan fingerprint density at radius 1 is 1.18 bits per heavy atom. The van der Waals surface area contributed by atoms with Gasteiger partial charge in [-0.15, -0.1) is 0 Å². The van der Waals surface area contributed by atoms with Crippen LogP contribution in [-0.4, -0.2) is 4.57 Å². The molecule has 1 aromatic carbocycles. The van der Waals surface area contributed by atoms with E-state index < -0.39 is 0 Å². The third kappa shape index (κ3) is 2.60. The first kappa shape index (κ1) is 15.0. The van der Waals surface area contributed by atoms with Crippen molar-refractivity contribution >= 4 is 0 Å². The molecular formula is C19H22FNO. The van der Waals surface area contributed by atoms with Crippen molar-refractivity contribution in [1.82, 2.24) is 4.57 Å². The van der Waals surface area contributed by atoms with Crippen LogP contribution in [0.4, 0.5) is 4.39 Å². The van der Waals surface area contributed by atoms with Gasteiger partial charge in [0.15, 0.2) is 0 Å². The zero-order valence-corrected chi connectivity index (χ0v) is 13.2. The number of rotatable bonds is 3. The summed E-state index contributed by atoms with van der Waals surface area (Å²) in [4.78, 5) is 12.3. The molecule has 2 unspecified atom stereocenters. The van der Waals surface area contributed by atoms with Crippen LogP contribution in [0.2, 0.25) is 0 Å². The lowest BCUT2D eigenvalue weighted by molar-refractivity contribution is 0.306. The van der Waals surface area contributed by atoms with E-state index in [-0.39, 0.29) is 11.4 Å². The summed E-state index contributed by atoms with van der Waals surface area (Å²) >= 11 is 0. The highest BCUT2D eigenvalue weighted by atomic mass is 19.1. The molecule has 1 aromatic heterocycles. The molecule has 0 amide bonds. The molecule has 0 fully saturated rings. The summed E-state index contributed by atoms with van der Waals surface area (Å²) in [6, 6.07) is 10.1. The average molecular weight is 299 g/mol. The Morgan fingerprint density at radius 2 is 2.00 bits per heavy atom. The minimum atomic E-state index is -0.238. The number of benzene rings is 1. The third-order valence-electron chi connectivity index (χ3n) is 4.88. The highest BCUT2D eigenvalue weighted by molar-refractivity contribution is 5.67. The van der Waals surface area contributed by atoms with Gasteiger partial charge in [0.2, 0.25) is 0 Å². The second-order valence-corrected chi connectivity index (χ2v) is 6.21. The topological polar surface area (TPSA) is 22.0 Å². The van der Waals surface area contributed by atoms with Crippen molar-refractivity contribution in [3.63, 3.8) is 0 Å². The van der Waals surface area contributed by atoms with Crippen LogP contribution in [0.1, 0.15) is 44.7 Å². The summed E-state index contributed by atoms with van der Waals surface area (Å²) in [5.74, 6) is 0.682. The average Bonchev–Trinajstić information content (AvgIpc) is 2.54. The first-order chi connectivity index (χ1) is 10.6. The van der Waals surface area contributed by atoms with Gasteiger partial charge in [0, 0.05) is 29.8 Å². The predicted octanol–water partition coefficient (Wildman–Crippen LogP) is 4.58. The second kappa shape index (κ2) is 6.07. The molecule has 0 aliphatic carbocycles. The molecule has 2 atom stereocenters. The normalized spacial score (nSPS) is 20.7. The Morgan fingerprint density at radius 3 is 2.68 bits per heavy atom. The Hall–Kier alpha value is -1.90. The number of hydrogen-bond donors (Lipinski definition) is 0. The molecule has 2 aromatic rings. The van der Waals surface area contributed by atoms with E-state index in [0.717, 1.165) is 42.6 Å². The van der Waals surface area contributed by atoms with Gasteiger partial charge in [-0.3, -0.25) is 4.79 Å². The molecule has 0 N–H and O–H groups in total. The molecule has 0 saturated carbocycles. The van der Waals surface area contributed by atoms with E-state index in [4.69, 9.17) is 0 Å². The van der Waals surface area contributed by atoms with E-state index in [1.165, 1.54) is 6.07 Å². The van der Waals surface area contributed by atoms with Gasteiger partial charge in [0.1, 0.15) is 5.82 Å². The van der Waals surface area contributed by atoms with Crippen LogP contribution in [0.15, 0.2) is 41.2 Å². The minimum Gasteiger partial charge on any atom is -0.311 e. The summed E-state index contributed by atoms with van der Waals surface area (Å²) in [5, 5.41) is 0. The molecular weight excluding hydrogens is 277 g/mol. The molecule has 1 aliphatic rings. The van der Waals surface area contributed by atoms with Crippen LogP contribution in [0.25, 0.3) is 11.1 Å². The molecule has 0 bridgehead atoms. The number of nitrogens with zero attached hydrogens (tertiary/aromatic N) is 1. The summed E-state index contributed by atoms with van der Waals surface area (Å²) in [5.41, 5.74) is 3.01. The standard InChI is InChI=1S/C19H22FNO/c1-3-13-10-14(4-2)19-17(8-9-18(22)21(19)12-13)15-6-5-7-16(20)11-15/h5-9,11,13-14H,3-4,10,12H2,1-2H3. The first-order valence-electron chi connectivity index (χ1n) is 8.13. The fourth-order valence-electron chi connectivity index (χ4n) is 3.63. The third-order valence-corrected chi connectivity index (χ3v) is 4.88. The van der Waals surface area contributed by atoms with E-state index in [2.05, 4.69) is 13.8 Å². The smallest absolute Gasteiger partial charge is 0.250 e. The number of pyridine rings is 1. The molecule has 3 heteroatoms. The molecule has 2 nitrogen and oxygen atoms in total. The summed E-state index contributed by atoms with van der Waals surface area (Å²) in [7, 11) is 0. The van der Waals surface area contributed by atoms with Crippen molar-refractivity contribution in [2.24, 2.45) is 5.92 Å². The highest BCUT2D eigenvalue weighted by Gasteiger charge is 2.28. The quantitative estimate of drug-likeness (QED) is 0.813. The Balaban J connectivity index is 2.20.